The minimum absolute atomic E-state index is 0.0489. The standard InChI is InChI=1S/C27H35N3O3/c1-18-14-30(19(2)16-31)27(32)26-25(22-12-8-9-13-23(22)29(26)5)21-11-7-6-10-20(21)17-33-24(18)15-28(3)4/h6-13,18-19,24,31H,14-17H2,1-5H3/t18-,19+,24+/m0/s1. The van der Waals surface area contributed by atoms with Crippen LogP contribution in [0.3, 0.4) is 0 Å². The van der Waals surface area contributed by atoms with Crippen molar-refractivity contribution in [2.24, 2.45) is 13.0 Å². The number of rotatable bonds is 4. The fourth-order valence-corrected chi connectivity index (χ4v) is 4.89. The van der Waals surface area contributed by atoms with Gasteiger partial charge in [0.25, 0.3) is 5.91 Å². The van der Waals surface area contributed by atoms with Gasteiger partial charge in [-0.25, -0.2) is 0 Å². The normalized spacial score (nSPS) is 20.5. The molecule has 1 aliphatic heterocycles. The maximum absolute atomic E-state index is 14.2. The lowest BCUT2D eigenvalue weighted by atomic mass is 9.96. The second kappa shape index (κ2) is 9.67. The number of hydrogen-bond acceptors (Lipinski definition) is 4. The van der Waals surface area contributed by atoms with Gasteiger partial charge in [-0.15, -0.1) is 0 Å². The van der Waals surface area contributed by atoms with Gasteiger partial charge >= 0.3 is 0 Å². The van der Waals surface area contributed by atoms with Crippen molar-refractivity contribution in [1.29, 1.82) is 0 Å². The molecule has 1 N–H and O–H groups in total. The van der Waals surface area contributed by atoms with Gasteiger partial charge in [-0.3, -0.25) is 4.79 Å². The van der Waals surface area contributed by atoms with Crippen LogP contribution in [0.5, 0.6) is 0 Å². The zero-order chi connectivity index (χ0) is 23.7. The van der Waals surface area contributed by atoms with Gasteiger partial charge in [-0.2, -0.15) is 0 Å². The fraction of sp³-hybridized carbons (Fsp3) is 0.444. The highest BCUT2D eigenvalue weighted by Crippen LogP contribution is 2.38. The minimum Gasteiger partial charge on any atom is -0.394 e. The molecule has 0 saturated heterocycles. The first-order valence-corrected chi connectivity index (χ1v) is 11.7. The van der Waals surface area contributed by atoms with Crippen molar-refractivity contribution in [3.63, 3.8) is 0 Å². The molecule has 0 unspecified atom stereocenters. The third-order valence-electron chi connectivity index (χ3n) is 6.77. The summed E-state index contributed by atoms with van der Waals surface area (Å²) in [7, 11) is 6.03. The first-order valence-electron chi connectivity index (χ1n) is 11.7. The SMILES string of the molecule is C[C@H](CO)N1C[C@H](C)[C@@H](CN(C)C)OCc2ccccc2-c2c(n(C)c3ccccc23)C1=O. The highest BCUT2D eigenvalue weighted by atomic mass is 16.5. The van der Waals surface area contributed by atoms with Crippen molar-refractivity contribution in [3.05, 3.63) is 59.8 Å². The Labute approximate surface area is 196 Å². The molecule has 0 spiro atoms. The van der Waals surface area contributed by atoms with E-state index in [9.17, 15) is 9.90 Å². The largest absolute Gasteiger partial charge is 0.394 e. The number of amides is 1. The number of aromatic nitrogens is 1. The lowest BCUT2D eigenvalue weighted by Crippen LogP contribution is -2.47. The molecule has 0 aliphatic carbocycles. The number of carbonyl (C=O) groups is 1. The van der Waals surface area contributed by atoms with Crippen LogP contribution < -0.4 is 0 Å². The fourth-order valence-electron chi connectivity index (χ4n) is 4.89. The third-order valence-corrected chi connectivity index (χ3v) is 6.77. The number of carbonyl (C=O) groups excluding carboxylic acids is 1. The van der Waals surface area contributed by atoms with Gasteiger partial charge < -0.3 is 24.2 Å². The van der Waals surface area contributed by atoms with Crippen LogP contribution in [-0.2, 0) is 18.4 Å². The number of aryl methyl sites for hydroxylation is 1. The summed E-state index contributed by atoms with van der Waals surface area (Å²) < 4.78 is 8.51. The van der Waals surface area contributed by atoms with Crippen molar-refractivity contribution in [2.45, 2.75) is 32.6 Å². The van der Waals surface area contributed by atoms with Crippen molar-refractivity contribution >= 4 is 16.8 Å². The van der Waals surface area contributed by atoms with E-state index in [1.807, 2.05) is 61.8 Å². The summed E-state index contributed by atoms with van der Waals surface area (Å²) in [5, 5.41) is 11.1. The molecule has 1 aromatic heterocycles. The Morgan fingerprint density at radius 1 is 1.15 bits per heavy atom. The zero-order valence-electron chi connectivity index (χ0n) is 20.3. The summed E-state index contributed by atoms with van der Waals surface area (Å²) in [4.78, 5) is 18.1. The van der Waals surface area contributed by atoms with E-state index in [-0.39, 0.29) is 30.6 Å². The van der Waals surface area contributed by atoms with Gasteiger partial charge in [0.1, 0.15) is 5.69 Å². The average Bonchev–Trinajstić information content (AvgIpc) is 3.10. The van der Waals surface area contributed by atoms with Crippen molar-refractivity contribution in [2.75, 3.05) is 33.8 Å². The van der Waals surface area contributed by atoms with E-state index in [4.69, 9.17) is 4.74 Å². The Balaban J connectivity index is 1.97. The van der Waals surface area contributed by atoms with Crippen LogP contribution >= 0.6 is 0 Å². The van der Waals surface area contributed by atoms with Gasteiger partial charge in [0.15, 0.2) is 0 Å². The van der Waals surface area contributed by atoms with E-state index in [0.29, 0.717) is 18.8 Å². The molecule has 2 aromatic carbocycles. The first-order chi connectivity index (χ1) is 15.8. The van der Waals surface area contributed by atoms with Gasteiger partial charge in [-0.1, -0.05) is 49.4 Å². The van der Waals surface area contributed by atoms with Crippen LogP contribution in [0.25, 0.3) is 22.0 Å². The van der Waals surface area contributed by atoms with E-state index in [1.54, 1.807) is 0 Å². The second-order valence-electron chi connectivity index (χ2n) is 9.54. The molecule has 6 nitrogen and oxygen atoms in total. The van der Waals surface area contributed by atoms with Crippen LogP contribution in [-0.4, -0.2) is 71.3 Å². The molecule has 1 amide bonds. The number of para-hydroxylation sites is 1. The van der Waals surface area contributed by atoms with Crippen LogP contribution in [0, 0.1) is 5.92 Å². The number of fused-ring (bicyclic) bond motifs is 5. The zero-order valence-corrected chi connectivity index (χ0v) is 20.3. The quantitative estimate of drug-likeness (QED) is 0.659. The van der Waals surface area contributed by atoms with Crippen molar-refractivity contribution in [3.8, 4) is 11.1 Å². The van der Waals surface area contributed by atoms with Gasteiger partial charge in [0.05, 0.1) is 25.4 Å². The number of nitrogens with zero attached hydrogens (tertiary/aromatic N) is 3. The van der Waals surface area contributed by atoms with Gasteiger partial charge in [-0.05, 0) is 38.2 Å². The highest BCUT2D eigenvalue weighted by Gasteiger charge is 2.33. The topological polar surface area (TPSA) is 57.9 Å². The molecule has 0 fully saturated rings. The number of ether oxygens (including phenoxy) is 1. The predicted molar refractivity (Wildman–Crippen MR) is 132 cm³/mol. The maximum atomic E-state index is 14.2. The molecule has 3 atom stereocenters. The molecule has 2 heterocycles. The Kier molecular flexibility index (Phi) is 6.88. The van der Waals surface area contributed by atoms with E-state index in [2.05, 4.69) is 36.1 Å². The van der Waals surface area contributed by atoms with Crippen LogP contribution in [0.1, 0.15) is 29.9 Å². The van der Waals surface area contributed by atoms with E-state index < -0.39 is 0 Å². The monoisotopic (exact) mass is 449 g/mol. The predicted octanol–water partition coefficient (Wildman–Crippen LogP) is 3.76. The van der Waals surface area contributed by atoms with Crippen molar-refractivity contribution in [1.82, 2.24) is 14.4 Å². The van der Waals surface area contributed by atoms with E-state index in [1.165, 1.54) is 0 Å². The summed E-state index contributed by atoms with van der Waals surface area (Å²) in [5.41, 5.74) is 4.70. The molecular weight excluding hydrogens is 414 g/mol. The molecule has 3 aromatic rings. The Morgan fingerprint density at radius 3 is 2.58 bits per heavy atom. The number of aliphatic hydroxyl groups excluding tert-OH is 1. The third kappa shape index (κ3) is 4.43. The molecular formula is C27H35N3O3. The lowest BCUT2D eigenvalue weighted by molar-refractivity contribution is -0.0201. The molecule has 0 saturated carbocycles. The van der Waals surface area contributed by atoms with Crippen LogP contribution in [0.4, 0.5) is 0 Å². The summed E-state index contributed by atoms with van der Waals surface area (Å²) in [6.07, 6.45) is -0.0489. The summed E-state index contributed by atoms with van der Waals surface area (Å²) >= 11 is 0. The Morgan fingerprint density at radius 2 is 1.85 bits per heavy atom. The first kappa shape index (κ1) is 23.5. The Hall–Kier alpha value is -2.67. The summed E-state index contributed by atoms with van der Waals surface area (Å²) in [5.74, 6) is 0.0335. The molecule has 1 aliphatic rings. The smallest absolute Gasteiger partial charge is 0.271 e. The Bertz CT molecular complexity index is 1140. The van der Waals surface area contributed by atoms with Gasteiger partial charge in [0, 0.05) is 42.5 Å². The molecule has 176 valence electrons. The summed E-state index contributed by atoms with van der Waals surface area (Å²) in [6, 6.07) is 16.1. The molecule has 0 bridgehead atoms. The maximum Gasteiger partial charge on any atom is 0.271 e. The number of benzene rings is 2. The molecule has 6 heteroatoms. The van der Waals surface area contributed by atoms with Gasteiger partial charge in [0.2, 0.25) is 0 Å². The summed E-state index contributed by atoms with van der Waals surface area (Å²) in [6.45, 7) is 5.69. The number of hydrogen-bond donors (Lipinski definition) is 1. The van der Waals surface area contributed by atoms with Crippen LogP contribution in [0.15, 0.2) is 48.5 Å². The van der Waals surface area contributed by atoms with Crippen LogP contribution in [0.2, 0.25) is 0 Å². The lowest BCUT2D eigenvalue weighted by Gasteiger charge is -2.34. The highest BCUT2D eigenvalue weighted by molar-refractivity contribution is 6.10. The number of likely N-dealkylation sites (N-methyl/N-ethyl adjacent to an activating group) is 1. The second-order valence-corrected chi connectivity index (χ2v) is 9.54. The minimum atomic E-state index is -0.304. The van der Waals surface area contributed by atoms with Crippen molar-refractivity contribution < 1.29 is 14.6 Å². The average molecular weight is 450 g/mol. The number of aliphatic hydroxyl groups is 1. The van der Waals surface area contributed by atoms with E-state index in [0.717, 1.165) is 34.1 Å². The van der Waals surface area contributed by atoms with E-state index >= 15 is 0 Å². The molecule has 4 rings (SSSR count). The molecule has 33 heavy (non-hydrogen) atoms. The molecule has 0 radical (unpaired) electrons.